The predicted octanol–water partition coefficient (Wildman–Crippen LogP) is 5.58. The lowest BCUT2D eigenvalue weighted by Crippen LogP contribution is -2.06. The second-order valence-corrected chi connectivity index (χ2v) is 5.21. The third-order valence-corrected chi connectivity index (χ3v) is 3.58. The summed E-state index contributed by atoms with van der Waals surface area (Å²) in [4.78, 5) is 4.26. The number of unbranched alkanes of at least 4 members (excludes halogenated alkanes) is 2. The largest absolute Gasteiger partial charge is 0.297 e. The number of rotatable bonds is 9. The molecule has 0 aromatic heterocycles. The number of hydrogen-bond donors (Lipinski definition) is 0. The van der Waals surface area contributed by atoms with Gasteiger partial charge in [-0.3, -0.25) is 4.99 Å². The van der Waals surface area contributed by atoms with Gasteiger partial charge in [-0.2, -0.15) is 0 Å². The summed E-state index contributed by atoms with van der Waals surface area (Å²) >= 11 is 0. The first-order chi connectivity index (χ1) is 8.61. The zero-order valence-corrected chi connectivity index (χ0v) is 13.0. The lowest BCUT2D eigenvalue weighted by molar-refractivity contribution is 0.628. The zero-order chi connectivity index (χ0) is 13.8. The van der Waals surface area contributed by atoms with Crippen molar-refractivity contribution in [2.75, 3.05) is 7.05 Å². The van der Waals surface area contributed by atoms with Crippen molar-refractivity contribution >= 4 is 5.71 Å². The molecule has 0 bridgehead atoms. The highest BCUT2D eigenvalue weighted by Crippen LogP contribution is 2.14. The van der Waals surface area contributed by atoms with Gasteiger partial charge < -0.3 is 0 Å². The molecule has 0 spiro atoms. The van der Waals surface area contributed by atoms with Crippen molar-refractivity contribution in [1.82, 2.24) is 0 Å². The molecule has 0 heterocycles. The summed E-state index contributed by atoms with van der Waals surface area (Å²) in [7, 11) is 1.89. The van der Waals surface area contributed by atoms with E-state index in [2.05, 4.69) is 50.9 Å². The quantitative estimate of drug-likeness (QED) is 0.287. The molecule has 0 fully saturated rings. The normalized spacial score (nSPS) is 15.4. The highest BCUT2D eigenvalue weighted by molar-refractivity contribution is 5.83. The van der Waals surface area contributed by atoms with Gasteiger partial charge in [0.1, 0.15) is 0 Å². The van der Waals surface area contributed by atoms with Crippen LogP contribution in [0.25, 0.3) is 0 Å². The van der Waals surface area contributed by atoms with Crippen LogP contribution in [0.4, 0.5) is 0 Å². The zero-order valence-electron chi connectivity index (χ0n) is 13.0. The molecule has 0 saturated heterocycles. The van der Waals surface area contributed by atoms with Gasteiger partial charge in [0.25, 0.3) is 0 Å². The fourth-order valence-corrected chi connectivity index (χ4v) is 1.97. The molecule has 1 atom stereocenters. The highest BCUT2D eigenvalue weighted by Gasteiger charge is 2.04. The minimum Gasteiger partial charge on any atom is -0.297 e. The van der Waals surface area contributed by atoms with E-state index in [1.807, 2.05) is 7.05 Å². The van der Waals surface area contributed by atoms with Gasteiger partial charge in [-0.15, -0.1) is 0 Å². The van der Waals surface area contributed by atoms with Crippen LogP contribution in [0.2, 0.25) is 0 Å². The van der Waals surface area contributed by atoms with Crippen LogP contribution in [0.1, 0.15) is 66.2 Å². The van der Waals surface area contributed by atoms with Crippen molar-refractivity contribution < 1.29 is 0 Å². The van der Waals surface area contributed by atoms with Crippen LogP contribution >= 0.6 is 0 Å². The van der Waals surface area contributed by atoms with E-state index in [9.17, 15) is 0 Å². The molecule has 1 unspecified atom stereocenters. The molecular weight excluding hydrogens is 218 g/mol. The molecule has 0 aromatic rings. The molecular formula is C17H31N. The van der Waals surface area contributed by atoms with Gasteiger partial charge in [0.2, 0.25) is 0 Å². The Morgan fingerprint density at radius 3 is 2.50 bits per heavy atom. The average Bonchev–Trinajstić information content (AvgIpc) is 2.37. The second kappa shape index (κ2) is 11.3. The molecule has 0 rings (SSSR count). The Morgan fingerprint density at radius 1 is 1.17 bits per heavy atom. The first kappa shape index (κ1) is 17.2. The number of nitrogens with zero attached hydrogens (tertiary/aromatic N) is 1. The lowest BCUT2D eigenvalue weighted by Gasteiger charge is -2.10. The first-order valence-electron chi connectivity index (χ1n) is 7.31. The van der Waals surface area contributed by atoms with Gasteiger partial charge in [-0.1, -0.05) is 30.7 Å². The van der Waals surface area contributed by atoms with E-state index in [-0.39, 0.29) is 0 Å². The molecule has 0 aliphatic heterocycles. The van der Waals surface area contributed by atoms with Crippen LogP contribution in [-0.2, 0) is 0 Å². The molecule has 0 aromatic carbocycles. The minimum atomic E-state index is 0.637. The Balaban J connectivity index is 3.69. The standard InChI is InChI=1S/C17H31N/c1-6-7-8-9-10-12-15(2)13-11-14-16(3)17(4)18-5/h6-7,12,16H,8-11,13-14H2,1-5H3/b7-6-,15-12+,18-17+. The summed E-state index contributed by atoms with van der Waals surface area (Å²) in [5, 5.41) is 0. The first-order valence-corrected chi connectivity index (χ1v) is 7.31. The number of hydrogen-bond acceptors (Lipinski definition) is 1. The van der Waals surface area contributed by atoms with Gasteiger partial charge in [0, 0.05) is 12.8 Å². The lowest BCUT2D eigenvalue weighted by atomic mass is 9.97. The molecule has 0 saturated carbocycles. The molecule has 0 aliphatic carbocycles. The molecule has 0 N–H and O–H groups in total. The third-order valence-electron chi connectivity index (χ3n) is 3.58. The number of aliphatic imine (C=N–C) groups is 1. The molecule has 0 amide bonds. The van der Waals surface area contributed by atoms with Gasteiger partial charge in [0.15, 0.2) is 0 Å². The summed E-state index contributed by atoms with van der Waals surface area (Å²) in [6.45, 7) is 8.76. The maximum absolute atomic E-state index is 4.26. The summed E-state index contributed by atoms with van der Waals surface area (Å²) in [5.74, 6) is 0.637. The summed E-state index contributed by atoms with van der Waals surface area (Å²) in [5.41, 5.74) is 2.83. The monoisotopic (exact) mass is 249 g/mol. The van der Waals surface area contributed by atoms with E-state index < -0.39 is 0 Å². The SMILES string of the molecule is C/C=C\CCC/C=C(\C)CCCC(C)/C(C)=N/C. The van der Waals surface area contributed by atoms with E-state index in [0.717, 1.165) is 0 Å². The van der Waals surface area contributed by atoms with Crippen molar-refractivity contribution in [3.63, 3.8) is 0 Å². The molecule has 104 valence electrons. The smallest absolute Gasteiger partial charge is 0.0276 e. The van der Waals surface area contributed by atoms with Crippen LogP contribution in [0.15, 0.2) is 28.8 Å². The Bertz CT molecular complexity index is 284. The van der Waals surface area contributed by atoms with Crippen molar-refractivity contribution in [1.29, 1.82) is 0 Å². The van der Waals surface area contributed by atoms with Crippen molar-refractivity contribution in [2.45, 2.75) is 66.2 Å². The summed E-state index contributed by atoms with van der Waals surface area (Å²) in [6, 6.07) is 0. The van der Waals surface area contributed by atoms with Crippen LogP contribution in [0.3, 0.4) is 0 Å². The van der Waals surface area contributed by atoms with E-state index in [4.69, 9.17) is 0 Å². The van der Waals surface area contributed by atoms with E-state index in [1.54, 1.807) is 5.57 Å². The molecule has 0 radical (unpaired) electrons. The van der Waals surface area contributed by atoms with Gasteiger partial charge in [-0.05, 0) is 65.2 Å². The summed E-state index contributed by atoms with van der Waals surface area (Å²) < 4.78 is 0. The molecule has 1 heteroatoms. The fraction of sp³-hybridized carbons (Fsp3) is 0.706. The van der Waals surface area contributed by atoms with Crippen LogP contribution in [0, 0.1) is 5.92 Å². The van der Waals surface area contributed by atoms with Gasteiger partial charge in [-0.25, -0.2) is 0 Å². The highest BCUT2D eigenvalue weighted by atomic mass is 14.7. The topological polar surface area (TPSA) is 12.4 Å². The van der Waals surface area contributed by atoms with E-state index in [1.165, 1.54) is 44.2 Å². The Labute approximate surface area is 114 Å². The predicted molar refractivity (Wildman–Crippen MR) is 84.5 cm³/mol. The molecule has 0 aliphatic rings. The maximum Gasteiger partial charge on any atom is 0.0276 e. The van der Waals surface area contributed by atoms with Crippen LogP contribution < -0.4 is 0 Å². The average molecular weight is 249 g/mol. The van der Waals surface area contributed by atoms with Gasteiger partial charge >= 0.3 is 0 Å². The maximum atomic E-state index is 4.26. The van der Waals surface area contributed by atoms with Crippen molar-refractivity contribution in [2.24, 2.45) is 10.9 Å². The third kappa shape index (κ3) is 9.21. The van der Waals surface area contributed by atoms with E-state index >= 15 is 0 Å². The Hall–Kier alpha value is -0.850. The minimum absolute atomic E-state index is 0.637. The summed E-state index contributed by atoms with van der Waals surface area (Å²) in [6.07, 6.45) is 14.3. The van der Waals surface area contributed by atoms with Gasteiger partial charge in [0.05, 0.1) is 0 Å². The van der Waals surface area contributed by atoms with Crippen LogP contribution in [-0.4, -0.2) is 12.8 Å². The Kier molecular flexibility index (Phi) is 10.7. The van der Waals surface area contributed by atoms with Crippen molar-refractivity contribution in [3.05, 3.63) is 23.8 Å². The van der Waals surface area contributed by atoms with E-state index in [0.29, 0.717) is 5.92 Å². The molecule has 1 nitrogen and oxygen atoms in total. The van der Waals surface area contributed by atoms with Crippen molar-refractivity contribution in [3.8, 4) is 0 Å². The second-order valence-electron chi connectivity index (χ2n) is 5.21. The Morgan fingerprint density at radius 2 is 1.89 bits per heavy atom. The number of allylic oxidation sites excluding steroid dienone is 4. The fourth-order valence-electron chi connectivity index (χ4n) is 1.97. The molecule has 18 heavy (non-hydrogen) atoms. The van der Waals surface area contributed by atoms with Crippen LogP contribution in [0.5, 0.6) is 0 Å².